The molecule has 1 saturated heterocycles. The van der Waals surface area contributed by atoms with E-state index in [1.54, 1.807) is 36.4 Å². The summed E-state index contributed by atoms with van der Waals surface area (Å²) in [5, 5.41) is 10.0. The van der Waals surface area contributed by atoms with Gasteiger partial charge in [-0.05, 0) is 61.1 Å². The minimum Gasteiger partial charge on any atom is -0.410 e. The Hall–Kier alpha value is -5.78. The molecule has 0 aromatic heterocycles. The van der Waals surface area contributed by atoms with Gasteiger partial charge in [-0.3, -0.25) is 33.7 Å². The third-order valence-electron chi connectivity index (χ3n) is 8.94. The summed E-state index contributed by atoms with van der Waals surface area (Å²) in [4.78, 5) is 88.1. The lowest BCUT2D eigenvalue weighted by molar-refractivity contribution is -0.139. The number of nitrogens with zero attached hydrogens (tertiary/aromatic N) is 1. The molecule has 57 heavy (non-hydrogen) atoms. The number of nitrogens with two attached hydrogens (primary N) is 3. The minimum absolute atomic E-state index is 0.0113. The molecule has 1 aliphatic heterocycles. The molecule has 0 aliphatic carbocycles. The third kappa shape index (κ3) is 15.0. The van der Waals surface area contributed by atoms with E-state index < -0.39 is 35.4 Å². The highest BCUT2D eigenvalue weighted by Gasteiger charge is 2.39. The van der Waals surface area contributed by atoms with E-state index in [1.165, 1.54) is 4.90 Å². The van der Waals surface area contributed by atoms with Gasteiger partial charge in [-0.2, -0.15) is 0 Å². The van der Waals surface area contributed by atoms with Gasteiger partial charge in [0.25, 0.3) is 0 Å². The van der Waals surface area contributed by atoms with Crippen molar-refractivity contribution in [3.63, 3.8) is 0 Å². The second kappa shape index (κ2) is 22.7. The summed E-state index contributed by atoms with van der Waals surface area (Å²) in [6, 6.07) is 22.1. The van der Waals surface area contributed by atoms with Crippen LogP contribution < -0.4 is 43.2 Å². The van der Waals surface area contributed by atoms with E-state index in [-0.39, 0.29) is 79.8 Å². The maximum absolute atomic E-state index is 12.9. The van der Waals surface area contributed by atoms with Gasteiger partial charge in [0.15, 0.2) is 0 Å². The lowest BCUT2D eigenvalue weighted by Crippen LogP contribution is -2.46. The zero-order chi connectivity index (χ0) is 41.2. The van der Waals surface area contributed by atoms with Crippen molar-refractivity contribution >= 4 is 59.0 Å². The zero-order valence-corrected chi connectivity index (χ0v) is 32.3. The van der Waals surface area contributed by atoms with E-state index in [0.29, 0.717) is 31.5 Å². The molecule has 0 radical (unpaired) electrons. The van der Waals surface area contributed by atoms with Crippen molar-refractivity contribution < 1.29 is 38.3 Å². The molecule has 1 fully saturated rings. The predicted molar refractivity (Wildman–Crippen MR) is 215 cm³/mol. The van der Waals surface area contributed by atoms with Crippen LogP contribution in [0.4, 0.5) is 10.5 Å². The summed E-state index contributed by atoms with van der Waals surface area (Å²) < 4.78 is 5.28. The highest BCUT2D eigenvalue weighted by Crippen LogP contribution is 2.27. The fraction of sp³-hybridized carbons (Fsp3) is 0.375. The number of ether oxygens (including phenoxy) is 1. The minimum atomic E-state index is -1.00. The molecule has 4 atom stereocenters. The van der Waals surface area contributed by atoms with E-state index in [4.69, 9.17) is 21.9 Å². The largest absolute Gasteiger partial charge is 0.412 e. The molecular formula is C40H50N8O8S. The first kappa shape index (κ1) is 43.9. The number of hydrogen-bond donors (Lipinski definition) is 7. The number of likely N-dealkylation sites (tertiary alicyclic amines) is 1. The van der Waals surface area contributed by atoms with Crippen LogP contribution in [0.3, 0.4) is 0 Å². The van der Waals surface area contributed by atoms with Crippen LogP contribution in [-0.2, 0) is 41.7 Å². The molecule has 0 spiro atoms. The number of carbonyl (C=O) groups is 7. The fourth-order valence-corrected chi connectivity index (χ4v) is 6.92. The SMILES string of the molecule is NC(=O)[C@H](CSC1CC(=O)N(Cc2ccccc2)C1=O)NC(=O)CCCCCNC(=O)[C@@H](N)CCNC(=O)Oc1ccc(C[C@H](N)C(=O)Nc2ccccc2)cc1. The summed E-state index contributed by atoms with van der Waals surface area (Å²) >= 11 is 1.12. The standard InChI is InChI=1S/C40H50N8O8S/c41-30(19-21-45-40(55)56-29-17-15-26(16-18-29)22-31(42)38(53)46-28-12-6-2-7-13-28)37(52)44-20-9-3-8-14-34(49)47-32(36(43)51)25-57-33-23-35(50)48(39(33)54)24-27-10-4-1-5-11-27/h1-2,4-7,10-13,15-18,30-33H,3,8-9,14,19-25,41-42H2,(H2,43,51)(H,44,52)(H,45,55)(H,46,53)(H,47,49)/t30-,31-,32-,33?/m0/s1. The molecule has 16 nitrogen and oxygen atoms in total. The van der Waals surface area contributed by atoms with E-state index in [2.05, 4.69) is 21.3 Å². The topological polar surface area (TPSA) is 258 Å². The molecule has 3 aromatic rings. The van der Waals surface area contributed by atoms with Gasteiger partial charge in [0, 0.05) is 37.4 Å². The number of hydrogen-bond acceptors (Lipinski definition) is 11. The first-order chi connectivity index (χ1) is 27.4. The van der Waals surface area contributed by atoms with Gasteiger partial charge in [-0.25, -0.2) is 4.79 Å². The number of primary amides is 1. The predicted octanol–water partition coefficient (Wildman–Crippen LogP) is 1.71. The molecule has 1 heterocycles. The van der Waals surface area contributed by atoms with Gasteiger partial charge in [0.2, 0.25) is 35.4 Å². The first-order valence-electron chi connectivity index (χ1n) is 18.7. The van der Waals surface area contributed by atoms with Crippen molar-refractivity contribution in [3.8, 4) is 5.75 Å². The fourth-order valence-electron chi connectivity index (χ4n) is 5.72. The van der Waals surface area contributed by atoms with Gasteiger partial charge in [0.05, 0.1) is 23.9 Å². The number of nitrogens with one attached hydrogen (secondary N) is 4. The summed E-state index contributed by atoms with van der Waals surface area (Å²) in [5.74, 6) is -2.11. The van der Waals surface area contributed by atoms with Gasteiger partial charge < -0.3 is 43.2 Å². The van der Waals surface area contributed by atoms with Crippen LogP contribution >= 0.6 is 11.8 Å². The Morgan fingerprint density at radius 2 is 1.47 bits per heavy atom. The lowest BCUT2D eigenvalue weighted by Gasteiger charge is -2.18. The Labute approximate surface area is 335 Å². The van der Waals surface area contributed by atoms with Crippen LogP contribution in [0.15, 0.2) is 84.9 Å². The Morgan fingerprint density at radius 1 is 0.789 bits per heavy atom. The third-order valence-corrected chi connectivity index (χ3v) is 10.2. The van der Waals surface area contributed by atoms with Crippen LogP contribution in [0.5, 0.6) is 5.75 Å². The van der Waals surface area contributed by atoms with Crippen molar-refractivity contribution in [2.75, 3.05) is 24.2 Å². The van der Waals surface area contributed by atoms with E-state index >= 15 is 0 Å². The molecule has 7 amide bonds. The smallest absolute Gasteiger partial charge is 0.410 e. The Morgan fingerprint density at radius 3 is 2.16 bits per heavy atom. The van der Waals surface area contributed by atoms with Crippen molar-refractivity contribution in [1.29, 1.82) is 0 Å². The Kier molecular flexibility index (Phi) is 17.5. The zero-order valence-electron chi connectivity index (χ0n) is 31.5. The molecule has 1 aliphatic rings. The first-order valence-corrected chi connectivity index (χ1v) is 19.7. The number of thioether (sulfide) groups is 1. The normalized spacial score (nSPS) is 15.3. The summed E-state index contributed by atoms with van der Waals surface area (Å²) in [6.45, 7) is 0.603. The number of unbranched alkanes of at least 4 members (excludes halogenated alkanes) is 2. The van der Waals surface area contributed by atoms with Crippen LogP contribution in [0.1, 0.15) is 49.7 Å². The second-order valence-corrected chi connectivity index (χ2v) is 14.7. The van der Waals surface area contributed by atoms with E-state index in [9.17, 15) is 33.6 Å². The molecule has 10 N–H and O–H groups in total. The van der Waals surface area contributed by atoms with E-state index in [0.717, 1.165) is 22.9 Å². The number of benzene rings is 3. The van der Waals surface area contributed by atoms with Crippen LogP contribution in [-0.4, -0.2) is 88.7 Å². The number of anilines is 1. The van der Waals surface area contributed by atoms with Crippen LogP contribution in [0.25, 0.3) is 0 Å². The van der Waals surface area contributed by atoms with E-state index in [1.807, 2.05) is 48.5 Å². The molecule has 4 rings (SSSR count). The summed E-state index contributed by atoms with van der Waals surface area (Å²) in [7, 11) is 0. The Bertz CT molecular complexity index is 1830. The average molecular weight is 803 g/mol. The number of rotatable bonds is 22. The number of imide groups is 1. The highest BCUT2D eigenvalue weighted by molar-refractivity contribution is 8.00. The molecular weight excluding hydrogens is 753 g/mol. The van der Waals surface area contributed by atoms with Crippen molar-refractivity contribution in [1.82, 2.24) is 20.9 Å². The molecule has 3 aromatic carbocycles. The monoisotopic (exact) mass is 802 g/mol. The van der Waals surface area contributed by atoms with Crippen LogP contribution in [0.2, 0.25) is 0 Å². The molecule has 0 saturated carbocycles. The maximum Gasteiger partial charge on any atom is 0.412 e. The van der Waals surface area contributed by atoms with Crippen molar-refractivity contribution in [3.05, 3.63) is 96.1 Å². The lowest BCUT2D eigenvalue weighted by atomic mass is 10.1. The maximum atomic E-state index is 12.9. The number of para-hydroxylation sites is 1. The highest BCUT2D eigenvalue weighted by atomic mass is 32.2. The summed E-state index contributed by atoms with van der Waals surface area (Å²) in [5.41, 5.74) is 19.8. The van der Waals surface area contributed by atoms with Gasteiger partial charge in [0.1, 0.15) is 11.8 Å². The van der Waals surface area contributed by atoms with Crippen LogP contribution in [0, 0.1) is 0 Å². The average Bonchev–Trinajstić information content (AvgIpc) is 3.46. The van der Waals surface area contributed by atoms with Gasteiger partial charge in [-0.1, -0.05) is 67.1 Å². The van der Waals surface area contributed by atoms with Crippen molar-refractivity contribution in [2.24, 2.45) is 17.2 Å². The van der Waals surface area contributed by atoms with Gasteiger partial charge >= 0.3 is 6.09 Å². The quantitative estimate of drug-likeness (QED) is 0.0568. The summed E-state index contributed by atoms with van der Waals surface area (Å²) in [6.07, 6.45) is 1.55. The second-order valence-electron chi connectivity index (χ2n) is 13.5. The molecule has 0 bridgehead atoms. The molecule has 304 valence electrons. The number of amides is 7. The Balaban J connectivity index is 1.03. The molecule has 1 unspecified atom stereocenters. The van der Waals surface area contributed by atoms with Crippen molar-refractivity contribution in [2.45, 2.75) is 74.9 Å². The van der Waals surface area contributed by atoms with Gasteiger partial charge in [-0.15, -0.1) is 11.8 Å². The number of carbonyl (C=O) groups excluding carboxylic acids is 7. The molecule has 17 heteroatoms.